The molecule has 3 aromatic heterocycles. The number of rotatable bonds is 3. The molecule has 104 valence electrons. The number of thioether (sulfide) groups is 1. The third kappa shape index (κ3) is 2.61. The van der Waals surface area contributed by atoms with Crippen molar-refractivity contribution in [2.45, 2.75) is 9.96 Å². The maximum Gasteiger partial charge on any atom is 0.326 e. The summed E-state index contributed by atoms with van der Waals surface area (Å²) in [5.74, 6) is 0.636. The topological polar surface area (TPSA) is 102 Å². The Kier molecular flexibility index (Phi) is 3.60. The predicted octanol–water partition coefficient (Wildman–Crippen LogP) is 1.84. The number of nitrogens with one attached hydrogen (secondary N) is 2. The summed E-state index contributed by atoms with van der Waals surface area (Å²) in [6.07, 6.45) is 3.44. The molecule has 0 aromatic carbocycles. The minimum atomic E-state index is -0.606. The van der Waals surface area contributed by atoms with Crippen LogP contribution in [-0.2, 0) is 5.75 Å². The summed E-state index contributed by atoms with van der Waals surface area (Å²) in [5, 5.41) is 9.28. The van der Waals surface area contributed by atoms with Crippen LogP contribution in [0.3, 0.4) is 0 Å². The summed E-state index contributed by atoms with van der Waals surface area (Å²) in [5.41, 5.74) is 0.595. The molecule has 3 rings (SSSR count). The Morgan fingerprint density at radius 3 is 2.95 bits per heavy atom. The van der Waals surface area contributed by atoms with Gasteiger partial charge in [0.05, 0.1) is 9.73 Å². The average molecular weight is 316 g/mol. The van der Waals surface area contributed by atoms with E-state index in [0.29, 0.717) is 25.7 Å². The third-order valence-electron chi connectivity index (χ3n) is 2.75. The lowest BCUT2D eigenvalue weighted by Crippen LogP contribution is -2.20. The second-order valence-electron chi connectivity index (χ2n) is 4.14. The first-order valence-corrected chi connectivity index (χ1v) is 7.70. The molecule has 0 saturated carbocycles. The summed E-state index contributed by atoms with van der Waals surface area (Å²) >= 11 is 2.66. The lowest BCUT2D eigenvalue weighted by atomic mass is 10.3. The Morgan fingerprint density at radius 1 is 1.38 bits per heavy atom. The van der Waals surface area contributed by atoms with Gasteiger partial charge in [-0.25, -0.2) is 4.79 Å². The van der Waals surface area contributed by atoms with Crippen molar-refractivity contribution in [1.82, 2.24) is 15.0 Å². The van der Waals surface area contributed by atoms with Gasteiger partial charge in [-0.3, -0.25) is 14.8 Å². The first-order chi connectivity index (χ1) is 10.2. The minimum absolute atomic E-state index is 0.310. The van der Waals surface area contributed by atoms with Crippen molar-refractivity contribution in [2.24, 2.45) is 0 Å². The van der Waals surface area contributed by atoms with Gasteiger partial charge < -0.3 is 4.98 Å². The van der Waals surface area contributed by atoms with Crippen molar-refractivity contribution >= 4 is 33.3 Å². The predicted molar refractivity (Wildman–Crippen MR) is 81.6 cm³/mol. The fourth-order valence-corrected chi connectivity index (χ4v) is 4.09. The summed E-state index contributed by atoms with van der Waals surface area (Å²) in [6, 6.07) is 5.84. The Hall–Kier alpha value is -2.37. The number of thiophene rings is 1. The largest absolute Gasteiger partial charge is 0.326 e. The van der Waals surface area contributed by atoms with E-state index in [9.17, 15) is 14.9 Å². The summed E-state index contributed by atoms with van der Waals surface area (Å²) in [7, 11) is 0. The Labute approximate surface area is 126 Å². The van der Waals surface area contributed by atoms with Crippen LogP contribution in [0, 0.1) is 11.3 Å². The van der Waals surface area contributed by atoms with E-state index in [1.807, 2.05) is 12.1 Å². The highest BCUT2D eigenvalue weighted by atomic mass is 32.2. The summed E-state index contributed by atoms with van der Waals surface area (Å²) < 4.78 is 1.07. The highest BCUT2D eigenvalue weighted by molar-refractivity contribution is 8.00. The van der Waals surface area contributed by atoms with E-state index >= 15 is 0 Å². The maximum absolute atomic E-state index is 11.8. The molecule has 8 heteroatoms. The van der Waals surface area contributed by atoms with Gasteiger partial charge in [-0.15, -0.1) is 23.1 Å². The van der Waals surface area contributed by atoms with E-state index in [1.165, 1.54) is 23.1 Å². The monoisotopic (exact) mass is 316 g/mol. The summed E-state index contributed by atoms with van der Waals surface area (Å²) in [6.45, 7) is 0. The second kappa shape index (κ2) is 5.55. The van der Waals surface area contributed by atoms with Gasteiger partial charge in [0.15, 0.2) is 0 Å². The van der Waals surface area contributed by atoms with Gasteiger partial charge in [-0.2, -0.15) is 5.26 Å². The lowest BCUT2D eigenvalue weighted by Gasteiger charge is -1.98. The van der Waals surface area contributed by atoms with E-state index in [4.69, 9.17) is 0 Å². The lowest BCUT2D eigenvalue weighted by molar-refractivity contribution is 1.08. The Bertz CT molecular complexity index is 950. The molecule has 6 nitrogen and oxygen atoms in total. The van der Waals surface area contributed by atoms with Crippen LogP contribution < -0.4 is 11.2 Å². The van der Waals surface area contributed by atoms with Crippen molar-refractivity contribution in [3.05, 3.63) is 56.5 Å². The van der Waals surface area contributed by atoms with E-state index in [-0.39, 0.29) is 0 Å². The standard InChI is InChI=1S/C13H8N4O2S2/c14-4-8-9-10(11(18)17-13(19)16-9)21-12(8)20-6-7-2-1-3-15-5-7/h1-3,5H,6H2,(H2,16,17,18,19). The number of nitrogens with zero attached hydrogens (tertiary/aromatic N) is 2. The van der Waals surface area contributed by atoms with Gasteiger partial charge in [-0.05, 0) is 11.6 Å². The molecule has 0 aliphatic carbocycles. The van der Waals surface area contributed by atoms with Crippen LogP contribution in [0.15, 0.2) is 38.3 Å². The molecule has 3 aromatic rings. The van der Waals surface area contributed by atoms with Gasteiger partial charge in [0.2, 0.25) is 0 Å². The fourth-order valence-electron chi connectivity index (χ4n) is 1.83. The first-order valence-electron chi connectivity index (χ1n) is 5.90. The highest BCUT2D eigenvalue weighted by Crippen LogP contribution is 2.36. The van der Waals surface area contributed by atoms with Crippen LogP contribution in [0.5, 0.6) is 0 Å². The number of hydrogen-bond donors (Lipinski definition) is 2. The molecule has 0 saturated heterocycles. The minimum Gasteiger partial charge on any atom is -0.305 e. The van der Waals surface area contributed by atoms with Gasteiger partial charge in [0, 0.05) is 18.1 Å². The van der Waals surface area contributed by atoms with Gasteiger partial charge in [0.25, 0.3) is 5.56 Å². The molecule has 2 N–H and O–H groups in total. The number of nitriles is 1. The number of H-pyrrole nitrogens is 2. The molecule has 0 aliphatic heterocycles. The molecule has 0 aliphatic rings. The second-order valence-corrected chi connectivity index (χ2v) is 6.40. The van der Waals surface area contributed by atoms with Crippen molar-refractivity contribution in [3.8, 4) is 6.07 Å². The van der Waals surface area contributed by atoms with Crippen molar-refractivity contribution in [1.29, 1.82) is 5.26 Å². The van der Waals surface area contributed by atoms with Crippen molar-refractivity contribution < 1.29 is 0 Å². The van der Waals surface area contributed by atoms with Crippen LogP contribution in [-0.4, -0.2) is 15.0 Å². The molecule has 3 heterocycles. The molecular weight excluding hydrogens is 308 g/mol. The van der Waals surface area contributed by atoms with Crippen molar-refractivity contribution in [3.63, 3.8) is 0 Å². The molecule has 0 unspecified atom stereocenters. The molecule has 0 amide bonds. The zero-order valence-electron chi connectivity index (χ0n) is 10.5. The zero-order valence-corrected chi connectivity index (χ0v) is 12.2. The quantitative estimate of drug-likeness (QED) is 0.718. The number of aromatic nitrogens is 3. The summed E-state index contributed by atoms with van der Waals surface area (Å²) in [4.78, 5) is 31.8. The highest BCUT2D eigenvalue weighted by Gasteiger charge is 2.16. The SMILES string of the molecule is N#Cc1c(SCc2cccnc2)sc2c(=O)[nH]c(=O)[nH]c12. The number of fused-ring (bicyclic) bond motifs is 1. The molecule has 0 atom stereocenters. The van der Waals surface area contributed by atoms with Crippen molar-refractivity contribution in [2.75, 3.05) is 0 Å². The van der Waals surface area contributed by atoms with Crippen LogP contribution in [0.25, 0.3) is 10.2 Å². The Morgan fingerprint density at radius 2 is 2.24 bits per heavy atom. The molecule has 21 heavy (non-hydrogen) atoms. The maximum atomic E-state index is 11.8. The number of hydrogen-bond acceptors (Lipinski definition) is 6. The van der Waals surface area contributed by atoms with Crippen LogP contribution in [0.4, 0.5) is 0 Å². The van der Waals surface area contributed by atoms with E-state index < -0.39 is 11.2 Å². The normalized spacial score (nSPS) is 10.6. The van der Waals surface area contributed by atoms with E-state index in [2.05, 4.69) is 21.0 Å². The molecule has 0 bridgehead atoms. The number of pyridine rings is 1. The van der Waals surface area contributed by atoms with Gasteiger partial charge in [-0.1, -0.05) is 6.07 Å². The van der Waals surface area contributed by atoms with E-state index in [1.54, 1.807) is 12.4 Å². The van der Waals surface area contributed by atoms with Gasteiger partial charge >= 0.3 is 5.69 Å². The first kappa shape index (κ1) is 13.6. The zero-order chi connectivity index (χ0) is 14.8. The molecule has 0 fully saturated rings. The number of aromatic amines is 2. The third-order valence-corrected chi connectivity index (χ3v) is 5.28. The van der Waals surface area contributed by atoms with Gasteiger partial charge in [0.1, 0.15) is 16.3 Å². The smallest absolute Gasteiger partial charge is 0.305 e. The molecule has 0 spiro atoms. The molecular formula is C13H8N4O2S2. The molecule has 0 radical (unpaired) electrons. The van der Waals surface area contributed by atoms with Crippen LogP contribution >= 0.6 is 23.1 Å². The Balaban J connectivity index is 2.03. The van der Waals surface area contributed by atoms with E-state index in [0.717, 1.165) is 5.56 Å². The van der Waals surface area contributed by atoms with Crippen LogP contribution in [0.2, 0.25) is 0 Å². The average Bonchev–Trinajstić information content (AvgIpc) is 2.84. The van der Waals surface area contributed by atoms with Crippen LogP contribution in [0.1, 0.15) is 11.1 Å². The fraction of sp³-hybridized carbons (Fsp3) is 0.0769.